The van der Waals surface area contributed by atoms with E-state index >= 15 is 0 Å². The quantitative estimate of drug-likeness (QED) is 0.214. The first-order valence-electron chi connectivity index (χ1n) is 11.5. The minimum absolute atomic E-state index is 0.0461. The summed E-state index contributed by atoms with van der Waals surface area (Å²) in [6, 6.07) is 16.6. The molecule has 0 aliphatic rings. The Morgan fingerprint density at radius 1 is 1.09 bits per heavy atom. The van der Waals surface area contributed by atoms with Gasteiger partial charge in [0.2, 0.25) is 0 Å². The van der Waals surface area contributed by atoms with Crippen molar-refractivity contribution in [1.82, 2.24) is 5.32 Å². The predicted octanol–water partition coefficient (Wildman–Crippen LogP) is 5.73. The van der Waals surface area contributed by atoms with Crippen LogP contribution in [0.15, 0.2) is 54.6 Å². The molecule has 1 amide bonds. The Morgan fingerprint density at radius 2 is 1.80 bits per heavy atom. The summed E-state index contributed by atoms with van der Waals surface area (Å²) in [6.07, 6.45) is 2.38. The number of amides is 1. The van der Waals surface area contributed by atoms with Crippen LogP contribution >= 0.6 is 11.6 Å². The summed E-state index contributed by atoms with van der Waals surface area (Å²) >= 11 is 6.49. The van der Waals surface area contributed by atoms with Crippen LogP contribution in [0.2, 0.25) is 5.02 Å². The summed E-state index contributed by atoms with van der Waals surface area (Å²) in [4.78, 5) is 23.9. The van der Waals surface area contributed by atoms with E-state index in [9.17, 15) is 9.59 Å². The maximum atomic E-state index is 12.8. The molecule has 0 atom stereocenters. The highest BCUT2D eigenvalue weighted by atomic mass is 35.5. The molecule has 0 saturated heterocycles. The average molecular weight is 492 g/mol. The number of carboxylic acids is 1. The van der Waals surface area contributed by atoms with Gasteiger partial charge >= 0.3 is 5.97 Å². The molecule has 182 valence electrons. The molecule has 0 unspecified atom stereocenters. The van der Waals surface area contributed by atoms with Gasteiger partial charge in [-0.25, -0.2) is 0 Å². The number of nitrogens with one attached hydrogen (secondary N) is 2. The first-order valence-corrected chi connectivity index (χ1v) is 11.9. The first kappa shape index (κ1) is 26.0. The minimum atomic E-state index is -0.906. The van der Waals surface area contributed by atoms with E-state index in [-0.39, 0.29) is 25.3 Å². The minimum Gasteiger partial charge on any atom is -0.481 e. The van der Waals surface area contributed by atoms with Crippen molar-refractivity contribution >= 4 is 35.4 Å². The molecule has 0 radical (unpaired) electrons. The lowest BCUT2D eigenvalue weighted by molar-refractivity contribution is -0.136. The van der Waals surface area contributed by atoms with Crippen LogP contribution in [-0.2, 0) is 24.2 Å². The average Bonchev–Trinajstić information content (AvgIpc) is 2.82. The zero-order chi connectivity index (χ0) is 25.5. The molecule has 0 spiro atoms. The number of hydrogen-bond acceptors (Lipinski definition) is 4. The molecule has 35 heavy (non-hydrogen) atoms. The summed E-state index contributed by atoms with van der Waals surface area (Å²) in [6.45, 7) is 4.54. The number of halogens is 1. The Labute approximate surface area is 210 Å². The van der Waals surface area contributed by atoms with Gasteiger partial charge in [-0.2, -0.15) is 0 Å². The second-order valence-electron chi connectivity index (χ2n) is 8.96. The molecule has 0 aliphatic carbocycles. The monoisotopic (exact) mass is 491 g/mol. The van der Waals surface area contributed by atoms with Gasteiger partial charge in [0.15, 0.2) is 0 Å². The molecule has 3 aromatic carbocycles. The smallest absolute Gasteiger partial charge is 0.303 e. The number of carbonyl (C=O) groups excluding carboxylic acids is 1. The lowest BCUT2D eigenvalue weighted by Gasteiger charge is -2.16. The number of nitrogen functional groups attached to an aromatic ring is 1. The number of anilines is 1. The van der Waals surface area contributed by atoms with Crippen LogP contribution in [0.4, 0.5) is 5.69 Å². The zero-order valence-corrected chi connectivity index (χ0v) is 20.7. The van der Waals surface area contributed by atoms with E-state index in [2.05, 4.69) is 19.2 Å². The topological polar surface area (TPSA) is 116 Å². The van der Waals surface area contributed by atoms with Gasteiger partial charge < -0.3 is 21.6 Å². The summed E-state index contributed by atoms with van der Waals surface area (Å²) in [5, 5.41) is 20.1. The molecule has 5 N–H and O–H groups in total. The Hall–Kier alpha value is -3.64. The van der Waals surface area contributed by atoms with Gasteiger partial charge in [0.1, 0.15) is 0 Å². The third-order valence-corrected chi connectivity index (χ3v) is 6.09. The number of aryl methyl sites for hydroxylation is 1. The molecule has 3 rings (SSSR count). The predicted molar refractivity (Wildman–Crippen MR) is 141 cm³/mol. The molecule has 0 heterocycles. The Balaban J connectivity index is 1.89. The number of benzene rings is 3. The lowest BCUT2D eigenvalue weighted by atomic mass is 9.94. The second kappa shape index (κ2) is 11.7. The van der Waals surface area contributed by atoms with Crippen molar-refractivity contribution in [3.05, 3.63) is 87.4 Å². The van der Waals surface area contributed by atoms with E-state index in [1.54, 1.807) is 18.2 Å². The van der Waals surface area contributed by atoms with E-state index in [1.807, 2.05) is 36.4 Å². The molecular formula is C28H30ClN3O3. The molecule has 7 heteroatoms. The van der Waals surface area contributed by atoms with Crippen LogP contribution in [0, 0.1) is 11.3 Å². The lowest BCUT2D eigenvalue weighted by Crippen LogP contribution is -2.23. The SMILES string of the molecule is CC(C)Cc1ccc(C(=O)NCc2cc(Cl)c(CCC(=O)O)cc2-c2ccc(N)c(C=N)c2)cc1. The molecule has 0 aromatic heterocycles. The molecule has 6 nitrogen and oxygen atoms in total. The largest absolute Gasteiger partial charge is 0.481 e. The fourth-order valence-electron chi connectivity index (χ4n) is 3.92. The van der Waals surface area contributed by atoms with Crippen molar-refractivity contribution in [2.24, 2.45) is 5.92 Å². The third-order valence-electron chi connectivity index (χ3n) is 5.73. The van der Waals surface area contributed by atoms with Crippen LogP contribution in [0.1, 0.15) is 52.9 Å². The summed E-state index contributed by atoms with van der Waals surface area (Å²) in [5.74, 6) is -0.564. The number of hydrogen-bond donors (Lipinski definition) is 4. The number of nitrogens with two attached hydrogens (primary N) is 1. The Kier molecular flexibility index (Phi) is 8.66. The van der Waals surface area contributed by atoms with Crippen molar-refractivity contribution in [1.29, 1.82) is 5.41 Å². The number of aliphatic carboxylic acids is 1. The van der Waals surface area contributed by atoms with Gasteiger partial charge in [-0.3, -0.25) is 9.59 Å². The second-order valence-corrected chi connectivity index (χ2v) is 9.37. The molecular weight excluding hydrogens is 462 g/mol. The van der Waals surface area contributed by atoms with Gasteiger partial charge in [0, 0.05) is 41.0 Å². The van der Waals surface area contributed by atoms with Gasteiger partial charge in [0.05, 0.1) is 0 Å². The molecule has 0 aliphatic heterocycles. The van der Waals surface area contributed by atoms with E-state index in [0.29, 0.717) is 33.3 Å². The van der Waals surface area contributed by atoms with E-state index < -0.39 is 5.97 Å². The fourth-order valence-corrected chi connectivity index (χ4v) is 4.20. The van der Waals surface area contributed by atoms with Crippen molar-refractivity contribution in [3.8, 4) is 11.1 Å². The maximum Gasteiger partial charge on any atom is 0.303 e. The van der Waals surface area contributed by atoms with Crippen molar-refractivity contribution in [2.45, 2.75) is 39.7 Å². The molecule has 0 bridgehead atoms. The van der Waals surface area contributed by atoms with E-state index in [1.165, 1.54) is 11.8 Å². The van der Waals surface area contributed by atoms with Gasteiger partial charge in [0.25, 0.3) is 5.91 Å². The van der Waals surface area contributed by atoms with Gasteiger partial charge in [-0.15, -0.1) is 0 Å². The van der Waals surface area contributed by atoms with Crippen molar-refractivity contribution in [2.75, 3.05) is 5.73 Å². The van der Waals surface area contributed by atoms with Crippen molar-refractivity contribution in [3.63, 3.8) is 0 Å². The highest BCUT2D eigenvalue weighted by molar-refractivity contribution is 6.31. The number of carboxylic acid groups (broad SMARTS) is 1. The first-order chi connectivity index (χ1) is 16.7. The van der Waals surface area contributed by atoms with E-state index in [0.717, 1.165) is 23.1 Å². The summed E-state index contributed by atoms with van der Waals surface area (Å²) in [5.41, 5.74) is 11.8. The normalized spacial score (nSPS) is 10.9. The highest BCUT2D eigenvalue weighted by Crippen LogP contribution is 2.32. The standard InChI is InChI=1S/C28H30ClN3O3/c1-17(2)11-18-3-5-19(6-4-18)28(35)32-16-23-14-25(29)21(8-10-27(33)34)13-24(23)20-7-9-26(31)22(12-20)15-30/h3-7,9,12-15,17,30H,8,10-11,16,31H2,1-2H3,(H,32,35)(H,33,34). The van der Waals surface area contributed by atoms with Crippen molar-refractivity contribution < 1.29 is 14.7 Å². The maximum absolute atomic E-state index is 12.8. The fraction of sp³-hybridized carbons (Fsp3) is 0.250. The van der Waals surface area contributed by atoms with Gasteiger partial charge in [-0.1, -0.05) is 43.6 Å². The Bertz CT molecular complexity index is 1240. The van der Waals surface area contributed by atoms with Crippen LogP contribution in [-0.4, -0.2) is 23.2 Å². The Morgan fingerprint density at radius 3 is 2.43 bits per heavy atom. The van der Waals surface area contributed by atoms with Crippen LogP contribution in [0.5, 0.6) is 0 Å². The third kappa shape index (κ3) is 6.93. The zero-order valence-electron chi connectivity index (χ0n) is 19.9. The summed E-state index contributed by atoms with van der Waals surface area (Å²) in [7, 11) is 0. The number of rotatable bonds is 10. The molecule has 0 fully saturated rings. The van der Waals surface area contributed by atoms with Crippen LogP contribution in [0.25, 0.3) is 11.1 Å². The summed E-state index contributed by atoms with van der Waals surface area (Å²) < 4.78 is 0. The van der Waals surface area contributed by atoms with E-state index in [4.69, 9.17) is 27.9 Å². The number of carbonyl (C=O) groups is 2. The van der Waals surface area contributed by atoms with Gasteiger partial charge in [-0.05, 0) is 83.0 Å². The van der Waals surface area contributed by atoms with Crippen LogP contribution in [0.3, 0.4) is 0 Å². The molecule has 0 saturated carbocycles. The molecule has 3 aromatic rings. The highest BCUT2D eigenvalue weighted by Gasteiger charge is 2.15. The van der Waals surface area contributed by atoms with Crippen LogP contribution < -0.4 is 11.1 Å².